The summed E-state index contributed by atoms with van der Waals surface area (Å²) >= 11 is 1.66. The molecule has 0 aliphatic heterocycles. The zero-order valence-corrected chi connectivity index (χ0v) is 20.5. The van der Waals surface area contributed by atoms with Crippen molar-refractivity contribution in [3.63, 3.8) is 0 Å². The molecule has 1 aliphatic rings. The number of nitrogens with one attached hydrogen (secondary N) is 3. The van der Waals surface area contributed by atoms with Crippen molar-refractivity contribution in [2.24, 2.45) is 5.92 Å². The van der Waals surface area contributed by atoms with E-state index < -0.39 is 5.82 Å². The van der Waals surface area contributed by atoms with E-state index in [1.165, 1.54) is 10.9 Å². The fourth-order valence-electron chi connectivity index (χ4n) is 4.47. The number of pyridine rings is 2. The Balaban J connectivity index is 1.31. The van der Waals surface area contributed by atoms with Gasteiger partial charge in [-0.05, 0) is 50.1 Å². The molecule has 10 heteroatoms. The van der Waals surface area contributed by atoms with Gasteiger partial charge in [0.05, 0.1) is 27.8 Å². The van der Waals surface area contributed by atoms with Crippen molar-refractivity contribution in [1.29, 1.82) is 0 Å². The van der Waals surface area contributed by atoms with E-state index in [9.17, 15) is 4.79 Å². The molecule has 1 aromatic carbocycles. The topological polar surface area (TPSA) is 112 Å². The summed E-state index contributed by atoms with van der Waals surface area (Å²) in [6.07, 6.45) is 6.71. The number of thiophene rings is 1. The SMILES string of the molecule is Cc1ccc(-c2nccc3[nH]c(-c4n[nH]c5cc(F)c(-c6cncc(NC(=O)C7CC7)c6)cc45)nc23)s1. The second-order valence-corrected chi connectivity index (χ2v) is 10.5. The molecule has 0 atom stereocenters. The predicted octanol–water partition coefficient (Wildman–Crippen LogP) is 6.09. The summed E-state index contributed by atoms with van der Waals surface area (Å²) in [5, 5.41) is 11.0. The third-order valence-corrected chi connectivity index (χ3v) is 7.52. The second-order valence-electron chi connectivity index (χ2n) is 9.23. The van der Waals surface area contributed by atoms with E-state index in [-0.39, 0.29) is 11.8 Å². The highest BCUT2D eigenvalue weighted by Gasteiger charge is 2.29. The molecule has 1 amide bonds. The van der Waals surface area contributed by atoms with Gasteiger partial charge >= 0.3 is 0 Å². The van der Waals surface area contributed by atoms with E-state index in [2.05, 4.69) is 43.5 Å². The number of halogens is 1. The lowest BCUT2D eigenvalue weighted by Gasteiger charge is -2.08. The minimum atomic E-state index is -0.417. The predicted molar refractivity (Wildman–Crippen MR) is 142 cm³/mol. The summed E-state index contributed by atoms with van der Waals surface area (Å²) in [7, 11) is 0. The zero-order valence-electron chi connectivity index (χ0n) is 19.7. The maximum absolute atomic E-state index is 15.2. The van der Waals surface area contributed by atoms with Crippen molar-refractivity contribution >= 4 is 44.9 Å². The average molecular weight is 510 g/mol. The van der Waals surface area contributed by atoms with Gasteiger partial charge in [0.15, 0.2) is 5.82 Å². The number of anilines is 1. The number of hydrogen-bond acceptors (Lipinski definition) is 6. The Morgan fingerprint density at radius 3 is 2.81 bits per heavy atom. The Hall–Kier alpha value is -4.44. The molecular formula is C27H20FN7OS. The normalized spacial score (nSPS) is 13.5. The quantitative estimate of drug-likeness (QED) is 0.260. The first-order valence-electron chi connectivity index (χ1n) is 11.9. The van der Waals surface area contributed by atoms with E-state index in [1.807, 2.05) is 12.1 Å². The lowest BCUT2D eigenvalue weighted by atomic mass is 10.0. The standard InChI is InChI=1S/C27H20FN7OS/c1-13-2-5-22(37-13)25-24-20(6-7-30-25)32-26(33-24)23-18-9-17(19(28)10-21(18)34-35-23)15-8-16(12-29-11-15)31-27(36)14-3-4-14/h2,5-12,14H,3-4H2,1H3,(H,31,36)(H,32,33)(H,34,35). The third kappa shape index (κ3) is 3.86. The van der Waals surface area contributed by atoms with Crippen molar-refractivity contribution in [3.05, 3.63) is 65.7 Å². The molecule has 37 heavy (non-hydrogen) atoms. The van der Waals surface area contributed by atoms with Gasteiger partial charge in [-0.15, -0.1) is 11.3 Å². The molecule has 8 nitrogen and oxygen atoms in total. The first-order valence-corrected chi connectivity index (χ1v) is 12.7. The van der Waals surface area contributed by atoms with Crippen LogP contribution in [0.4, 0.5) is 10.1 Å². The van der Waals surface area contributed by atoms with Crippen LogP contribution in [-0.4, -0.2) is 36.0 Å². The van der Waals surface area contributed by atoms with Crippen LogP contribution in [0.5, 0.6) is 0 Å². The lowest BCUT2D eigenvalue weighted by Crippen LogP contribution is -2.13. The highest BCUT2D eigenvalue weighted by molar-refractivity contribution is 7.15. The van der Waals surface area contributed by atoms with Crippen LogP contribution >= 0.6 is 11.3 Å². The Labute approximate surface area is 214 Å². The third-order valence-electron chi connectivity index (χ3n) is 6.51. The summed E-state index contributed by atoms with van der Waals surface area (Å²) in [4.78, 5) is 31.4. The zero-order chi connectivity index (χ0) is 25.1. The van der Waals surface area contributed by atoms with Crippen LogP contribution in [-0.2, 0) is 4.79 Å². The Morgan fingerprint density at radius 1 is 1.11 bits per heavy atom. The van der Waals surface area contributed by atoms with Gasteiger partial charge in [-0.25, -0.2) is 9.37 Å². The molecule has 0 saturated heterocycles. The number of amides is 1. The Kier molecular flexibility index (Phi) is 4.90. The van der Waals surface area contributed by atoms with Crippen LogP contribution in [0.15, 0.2) is 55.0 Å². The Bertz CT molecular complexity index is 1830. The van der Waals surface area contributed by atoms with Crippen molar-refractivity contribution in [2.45, 2.75) is 19.8 Å². The molecule has 0 spiro atoms. The number of carbonyl (C=O) groups excluding carboxylic acids is 1. The lowest BCUT2D eigenvalue weighted by molar-refractivity contribution is -0.117. The summed E-state index contributed by atoms with van der Waals surface area (Å²) in [6, 6.07) is 10.9. The van der Waals surface area contributed by atoms with Gasteiger partial charge in [-0.2, -0.15) is 5.10 Å². The Morgan fingerprint density at radius 2 is 2.00 bits per heavy atom. The molecule has 6 aromatic rings. The molecule has 182 valence electrons. The van der Waals surface area contributed by atoms with Crippen LogP contribution in [0.2, 0.25) is 0 Å². The molecule has 0 unspecified atom stereocenters. The van der Waals surface area contributed by atoms with E-state index in [0.29, 0.717) is 39.2 Å². The molecule has 1 aliphatic carbocycles. The molecule has 7 rings (SSSR count). The average Bonchev–Trinajstić information content (AvgIpc) is 3.31. The second kappa shape index (κ2) is 8.31. The van der Waals surface area contributed by atoms with E-state index in [1.54, 1.807) is 42.1 Å². The molecule has 5 aromatic heterocycles. The maximum atomic E-state index is 15.2. The van der Waals surface area contributed by atoms with Crippen molar-refractivity contribution in [3.8, 4) is 33.2 Å². The van der Waals surface area contributed by atoms with Crippen LogP contribution in [0.1, 0.15) is 17.7 Å². The number of aromatic amines is 2. The highest BCUT2D eigenvalue weighted by atomic mass is 32.1. The number of hydrogen-bond donors (Lipinski definition) is 3. The van der Waals surface area contributed by atoms with E-state index >= 15 is 4.39 Å². The fraction of sp³-hybridized carbons (Fsp3) is 0.148. The van der Waals surface area contributed by atoms with Gasteiger partial charge in [-0.1, -0.05) is 0 Å². The van der Waals surface area contributed by atoms with Crippen LogP contribution < -0.4 is 5.32 Å². The minimum Gasteiger partial charge on any atom is -0.336 e. The smallest absolute Gasteiger partial charge is 0.227 e. The van der Waals surface area contributed by atoms with Gasteiger partial charge in [0.2, 0.25) is 5.91 Å². The van der Waals surface area contributed by atoms with Gasteiger partial charge < -0.3 is 10.3 Å². The monoisotopic (exact) mass is 509 g/mol. The molecular weight excluding hydrogens is 489 g/mol. The number of H-pyrrole nitrogens is 2. The van der Waals surface area contributed by atoms with Gasteiger partial charge in [0.1, 0.15) is 22.7 Å². The summed E-state index contributed by atoms with van der Waals surface area (Å²) in [5.41, 5.74) is 4.99. The van der Waals surface area contributed by atoms with E-state index in [4.69, 9.17) is 4.98 Å². The number of rotatable bonds is 5. The highest BCUT2D eigenvalue weighted by Crippen LogP contribution is 2.36. The number of carbonyl (C=O) groups is 1. The van der Waals surface area contributed by atoms with Crippen molar-refractivity contribution < 1.29 is 9.18 Å². The number of nitrogens with zero attached hydrogens (tertiary/aromatic N) is 4. The van der Waals surface area contributed by atoms with Gasteiger partial charge in [-0.3, -0.25) is 19.9 Å². The van der Waals surface area contributed by atoms with Crippen molar-refractivity contribution in [1.82, 2.24) is 30.1 Å². The van der Waals surface area contributed by atoms with Gasteiger partial charge in [0.25, 0.3) is 0 Å². The minimum absolute atomic E-state index is 0.0246. The molecule has 3 N–H and O–H groups in total. The van der Waals surface area contributed by atoms with Crippen LogP contribution in [0.3, 0.4) is 0 Å². The first kappa shape index (κ1) is 21.8. The first-order chi connectivity index (χ1) is 18.0. The maximum Gasteiger partial charge on any atom is 0.227 e. The van der Waals surface area contributed by atoms with E-state index in [0.717, 1.165) is 34.4 Å². The number of benzene rings is 1. The molecule has 0 radical (unpaired) electrons. The summed E-state index contributed by atoms with van der Waals surface area (Å²) < 4.78 is 15.2. The summed E-state index contributed by atoms with van der Waals surface area (Å²) in [6.45, 7) is 2.06. The van der Waals surface area contributed by atoms with Crippen LogP contribution in [0, 0.1) is 18.7 Å². The number of imidazole rings is 1. The molecule has 1 saturated carbocycles. The largest absolute Gasteiger partial charge is 0.336 e. The molecule has 1 fully saturated rings. The molecule has 0 bridgehead atoms. The van der Waals surface area contributed by atoms with Gasteiger partial charge in [0, 0.05) is 45.8 Å². The van der Waals surface area contributed by atoms with Crippen molar-refractivity contribution in [2.75, 3.05) is 5.32 Å². The van der Waals surface area contributed by atoms with Crippen LogP contribution in [0.25, 0.3) is 55.2 Å². The number of aryl methyl sites for hydroxylation is 1. The molecule has 5 heterocycles. The fourth-order valence-corrected chi connectivity index (χ4v) is 5.34. The summed E-state index contributed by atoms with van der Waals surface area (Å²) in [5.74, 6) is 0.182. The number of aromatic nitrogens is 6. The number of fused-ring (bicyclic) bond motifs is 2.